The van der Waals surface area contributed by atoms with Gasteiger partial charge in [0, 0.05) is 4.90 Å². The minimum absolute atomic E-state index is 0.145. The van der Waals surface area contributed by atoms with Crippen LogP contribution in [-0.2, 0) is 5.11 Å². The summed E-state index contributed by atoms with van der Waals surface area (Å²) in [4.78, 5) is 0.796. The van der Waals surface area contributed by atoms with Crippen LogP contribution in [0.25, 0.3) is 0 Å². The molecule has 0 saturated carbocycles. The van der Waals surface area contributed by atoms with Crippen molar-refractivity contribution in [3.05, 3.63) is 24.0 Å². The van der Waals surface area contributed by atoms with E-state index in [0.29, 0.717) is 0 Å². The van der Waals surface area contributed by atoms with E-state index in [-0.39, 0.29) is 5.69 Å². The van der Waals surface area contributed by atoms with Crippen molar-refractivity contribution in [2.75, 3.05) is 18.2 Å². The molecular weight excluding hydrogens is 205 g/mol. The van der Waals surface area contributed by atoms with E-state index in [9.17, 15) is 9.50 Å². The number of rotatable bonds is 4. The summed E-state index contributed by atoms with van der Waals surface area (Å²) in [6, 6.07) is 4.57. The first-order valence-electron chi connectivity index (χ1n) is 4.03. The van der Waals surface area contributed by atoms with Crippen molar-refractivity contribution in [1.29, 1.82) is 0 Å². The van der Waals surface area contributed by atoms with Gasteiger partial charge in [0.2, 0.25) is 0 Å². The quantitative estimate of drug-likeness (QED) is 0.595. The van der Waals surface area contributed by atoms with Crippen molar-refractivity contribution in [1.82, 2.24) is 0 Å². The fourth-order valence-corrected chi connectivity index (χ4v) is 1.39. The largest absolute Gasteiger partial charge is 0.371 e. The Labute approximate surface area is 86.0 Å². The maximum Gasteiger partial charge on any atom is 0.151 e. The highest BCUT2D eigenvalue weighted by Gasteiger charge is 2.07. The predicted octanol–water partition coefficient (Wildman–Crippen LogP) is 1.71. The minimum atomic E-state index is -1.25. The summed E-state index contributed by atoms with van der Waals surface area (Å²) in [6.45, 7) is -0.705. The molecule has 0 saturated heterocycles. The van der Waals surface area contributed by atoms with Gasteiger partial charge in [0.25, 0.3) is 0 Å². The van der Waals surface area contributed by atoms with E-state index in [0.717, 1.165) is 4.90 Å². The van der Waals surface area contributed by atoms with Crippen LogP contribution in [0.5, 0.6) is 0 Å². The van der Waals surface area contributed by atoms with Gasteiger partial charge in [-0.3, -0.25) is 0 Å². The molecular formula is C9H11FNO2S. The number of hydrogen-bond donors (Lipinski definition) is 2. The average molecular weight is 216 g/mol. The van der Waals surface area contributed by atoms with Crippen molar-refractivity contribution < 1.29 is 14.6 Å². The molecule has 0 aliphatic rings. The summed E-state index contributed by atoms with van der Waals surface area (Å²) in [5, 5.41) is 21.6. The number of anilines is 1. The summed E-state index contributed by atoms with van der Waals surface area (Å²) < 4.78 is 13.2. The molecule has 1 rings (SSSR count). The number of halogens is 1. The topological polar surface area (TPSA) is 52.2 Å². The molecule has 1 aromatic rings. The molecule has 0 aliphatic heterocycles. The van der Waals surface area contributed by atoms with E-state index in [4.69, 9.17) is 5.11 Å². The lowest BCUT2D eigenvalue weighted by atomic mass is 10.3. The van der Waals surface area contributed by atoms with Crippen molar-refractivity contribution in [3.8, 4) is 0 Å². The Balaban J connectivity index is 2.78. The first-order valence-corrected chi connectivity index (χ1v) is 5.26. The second-order valence-electron chi connectivity index (χ2n) is 2.67. The van der Waals surface area contributed by atoms with Crippen LogP contribution in [0.3, 0.4) is 0 Å². The normalized spacial score (nSPS) is 12.6. The van der Waals surface area contributed by atoms with Crippen LogP contribution in [0.4, 0.5) is 10.1 Å². The number of benzene rings is 1. The summed E-state index contributed by atoms with van der Waals surface area (Å²) in [7, 11) is 0. The van der Waals surface area contributed by atoms with Gasteiger partial charge in [0.15, 0.2) is 6.23 Å². The molecule has 77 valence electrons. The smallest absolute Gasteiger partial charge is 0.151 e. The van der Waals surface area contributed by atoms with Gasteiger partial charge >= 0.3 is 0 Å². The Morgan fingerprint density at radius 3 is 2.86 bits per heavy atom. The highest BCUT2D eigenvalue weighted by Crippen LogP contribution is 2.21. The van der Waals surface area contributed by atoms with Crippen molar-refractivity contribution in [2.24, 2.45) is 0 Å². The maximum atomic E-state index is 13.2. The van der Waals surface area contributed by atoms with E-state index in [2.05, 4.69) is 5.32 Å². The zero-order valence-electron chi connectivity index (χ0n) is 7.66. The molecule has 3 nitrogen and oxygen atoms in total. The molecule has 14 heavy (non-hydrogen) atoms. The third kappa shape index (κ3) is 2.87. The highest BCUT2D eigenvalue weighted by atomic mass is 32.2. The van der Waals surface area contributed by atoms with E-state index >= 15 is 0 Å². The molecule has 0 heterocycles. The van der Waals surface area contributed by atoms with Crippen molar-refractivity contribution in [2.45, 2.75) is 11.1 Å². The van der Waals surface area contributed by atoms with Crippen LogP contribution in [-0.4, -0.2) is 24.2 Å². The van der Waals surface area contributed by atoms with E-state index < -0.39 is 18.7 Å². The molecule has 2 N–H and O–H groups in total. The van der Waals surface area contributed by atoms with Gasteiger partial charge < -0.3 is 10.4 Å². The molecule has 0 fully saturated rings. The summed E-state index contributed by atoms with van der Waals surface area (Å²) in [6.07, 6.45) is 0.596. The van der Waals surface area contributed by atoms with Crippen LogP contribution >= 0.6 is 11.8 Å². The Morgan fingerprint density at radius 2 is 2.36 bits per heavy atom. The Kier molecular flexibility index (Phi) is 4.19. The lowest BCUT2D eigenvalue weighted by Crippen LogP contribution is -2.22. The second-order valence-corrected chi connectivity index (χ2v) is 3.55. The fourth-order valence-electron chi connectivity index (χ4n) is 0.961. The predicted molar refractivity (Wildman–Crippen MR) is 53.4 cm³/mol. The molecule has 1 radical (unpaired) electrons. The van der Waals surface area contributed by atoms with Crippen LogP contribution in [0.2, 0.25) is 0 Å². The molecule has 0 spiro atoms. The minimum Gasteiger partial charge on any atom is -0.371 e. The standard InChI is InChI=1S/C9H11FNO2S/c1-14-6-2-3-8(7(10)4-6)11-9(13)5-12/h2-4,9,11,13H,5H2,1H3. The summed E-state index contributed by atoms with van der Waals surface area (Å²) >= 11 is 1.42. The maximum absolute atomic E-state index is 13.2. The van der Waals surface area contributed by atoms with Gasteiger partial charge in [-0.25, -0.2) is 9.50 Å². The molecule has 0 amide bonds. The zero-order valence-corrected chi connectivity index (χ0v) is 8.47. The third-order valence-corrected chi connectivity index (χ3v) is 2.38. The van der Waals surface area contributed by atoms with Gasteiger partial charge in [-0.15, -0.1) is 11.8 Å². The molecule has 0 aromatic heterocycles. The summed E-state index contributed by atoms with van der Waals surface area (Å²) in [5.74, 6) is -0.468. The third-order valence-electron chi connectivity index (χ3n) is 1.66. The van der Waals surface area contributed by atoms with Crippen LogP contribution in [0.1, 0.15) is 0 Å². The van der Waals surface area contributed by atoms with E-state index in [1.54, 1.807) is 6.07 Å². The van der Waals surface area contributed by atoms with Gasteiger partial charge in [0.1, 0.15) is 12.4 Å². The number of hydrogen-bond acceptors (Lipinski definition) is 3. The Bertz CT molecular complexity index is 309. The molecule has 1 aromatic carbocycles. The van der Waals surface area contributed by atoms with Gasteiger partial charge in [-0.05, 0) is 24.5 Å². The first-order chi connectivity index (χ1) is 6.67. The second kappa shape index (κ2) is 5.19. The van der Waals surface area contributed by atoms with Crippen LogP contribution in [0.15, 0.2) is 23.1 Å². The first kappa shape index (κ1) is 11.3. The monoisotopic (exact) mass is 216 g/mol. The highest BCUT2D eigenvalue weighted by molar-refractivity contribution is 7.98. The number of aliphatic hydroxyl groups excluding tert-OH is 1. The van der Waals surface area contributed by atoms with Crippen molar-refractivity contribution in [3.63, 3.8) is 0 Å². The molecule has 1 atom stereocenters. The van der Waals surface area contributed by atoms with E-state index in [1.165, 1.54) is 23.9 Å². The Morgan fingerprint density at radius 1 is 1.64 bits per heavy atom. The molecule has 1 unspecified atom stereocenters. The SMILES string of the molecule is CSc1ccc(NC(O)C[O])c(F)c1. The average Bonchev–Trinajstić information content (AvgIpc) is 2.20. The van der Waals surface area contributed by atoms with Crippen LogP contribution < -0.4 is 5.32 Å². The summed E-state index contributed by atoms with van der Waals surface area (Å²) in [5.41, 5.74) is 0.145. The lowest BCUT2D eigenvalue weighted by molar-refractivity contribution is 0.0724. The van der Waals surface area contributed by atoms with Gasteiger partial charge in [-0.2, -0.15) is 0 Å². The number of thioether (sulfide) groups is 1. The van der Waals surface area contributed by atoms with Crippen LogP contribution in [0, 0.1) is 5.82 Å². The fraction of sp³-hybridized carbons (Fsp3) is 0.333. The Hall–Kier alpha value is -0.780. The van der Waals surface area contributed by atoms with E-state index in [1.807, 2.05) is 6.26 Å². The number of aliphatic hydroxyl groups is 1. The van der Waals surface area contributed by atoms with Crippen molar-refractivity contribution >= 4 is 17.4 Å². The number of nitrogens with one attached hydrogen (secondary N) is 1. The molecule has 0 aliphatic carbocycles. The molecule has 5 heteroatoms. The lowest BCUT2D eigenvalue weighted by Gasteiger charge is -2.11. The van der Waals surface area contributed by atoms with Gasteiger partial charge in [0.05, 0.1) is 5.69 Å². The van der Waals surface area contributed by atoms with Gasteiger partial charge in [-0.1, -0.05) is 0 Å². The molecule has 0 bridgehead atoms. The zero-order chi connectivity index (χ0) is 10.6.